The van der Waals surface area contributed by atoms with Crippen molar-refractivity contribution in [3.05, 3.63) is 19.1 Å². The summed E-state index contributed by atoms with van der Waals surface area (Å²) >= 11 is 0. The van der Waals surface area contributed by atoms with Crippen molar-refractivity contribution in [2.24, 2.45) is 5.92 Å². The third-order valence-corrected chi connectivity index (χ3v) is 3.04. The van der Waals surface area contributed by atoms with Crippen molar-refractivity contribution in [2.45, 2.75) is 57.8 Å². The van der Waals surface area contributed by atoms with Gasteiger partial charge in [-0.3, -0.25) is 0 Å². The minimum absolute atomic E-state index is 0.909. The Balaban J connectivity index is 2.26. The van der Waals surface area contributed by atoms with E-state index in [0.717, 1.165) is 12.3 Å². The Morgan fingerprint density at radius 2 is 1.62 bits per heavy atom. The van der Waals surface area contributed by atoms with E-state index in [9.17, 15) is 0 Å². The fourth-order valence-corrected chi connectivity index (χ4v) is 2.07. The Hall–Kier alpha value is -0.260. The summed E-state index contributed by atoms with van der Waals surface area (Å²) < 4.78 is 0. The predicted octanol–water partition coefficient (Wildman–Crippen LogP) is 4.52. The molecule has 0 aromatic rings. The van der Waals surface area contributed by atoms with E-state index in [0.29, 0.717) is 0 Å². The molecule has 0 aromatic carbocycles. The van der Waals surface area contributed by atoms with Crippen LogP contribution in [-0.2, 0) is 0 Å². The molecule has 0 bridgehead atoms. The van der Waals surface area contributed by atoms with Gasteiger partial charge >= 0.3 is 0 Å². The van der Waals surface area contributed by atoms with Crippen LogP contribution in [0.2, 0.25) is 0 Å². The lowest BCUT2D eigenvalue weighted by molar-refractivity contribution is 0.421. The van der Waals surface area contributed by atoms with Crippen molar-refractivity contribution in [2.75, 3.05) is 0 Å². The zero-order valence-electron chi connectivity index (χ0n) is 8.80. The number of rotatable bonds is 1. The maximum Gasteiger partial charge on any atom is -0.0351 e. The molecule has 1 unspecified atom stereocenters. The number of hydrogen-bond donors (Lipinski definition) is 0. The molecule has 1 aliphatic rings. The van der Waals surface area contributed by atoms with E-state index in [1.807, 2.05) is 0 Å². The molecule has 1 atom stereocenters. The standard InChI is InChI=1S/C13H23/c1-2-13-11-9-7-5-3-4-6-8-10-12-13/h3,5,13H,1-2,4,6-12H2. The van der Waals surface area contributed by atoms with E-state index >= 15 is 0 Å². The Morgan fingerprint density at radius 1 is 0.923 bits per heavy atom. The van der Waals surface area contributed by atoms with Crippen molar-refractivity contribution in [1.29, 1.82) is 0 Å². The summed E-state index contributed by atoms with van der Waals surface area (Å²) in [6.45, 7) is 4.04. The molecule has 0 heterocycles. The molecule has 0 aromatic heterocycles. The molecule has 1 rings (SSSR count). The third-order valence-electron chi connectivity index (χ3n) is 3.04. The molecule has 0 spiro atoms. The first-order valence-electron chi connectivity index (χ1n) is 5.87. The van der Waals surface area contributed by atoms with E-state index in [1.54, 1.807) is 0 Å². The average molecular weight is 179 g/mol. The van der Waals surface area contributed by atoms with Gasteiger partial charge in [0.2, 0.25) is 0 Å². The molecule has 0 N–H and O–H groups in total. The zero-order valence-corrected chi connectivity index (χ0v) is 8.80. The van der Waals surface area contributed by atoms with E-state index in [4.69, 9.17) is 0 Å². The van der Waals surface area contributed by atoms with Crippen LogP contribution in [0.25, 0.3) is 0 Å². The van der Waals surface area contributed by atoms with Gasteiger partial charge in [0.1, 0.15) is 0 Å². The van der Waals surface area contributed by atoms with Crippen LogP contribution in [0.4, 0.5) is 0 Å². The summed E-state index contributed by atoms with van der Waals surface area (Å²) in [4.78, 5) is 0. The fourth-order valence-electron chi connectivity index (χ4n) is 2.07. The van der Waals surface area contributed by atoms with Crippen LogP contribution in [0.1, 0.15) is 57.8 Å². The van der Waals surface area contributed by atoms with Gasteiger partial charge in [0.15, 0.2) is 0 Å². The van der Waals surface area contributed by atoms with Crippen LogP contribution in [0.3, 0.4) is 0 Å². The van der Waals surface area contributed by atoms with Gasteiger partial charge in [-0.05, 0) is 31.6 Å². The number of allylic oxidation sites excluding steroid dienone is 2. The largest absolute Gasteiger partial charge is 0.0885 e. The molecule has 0 heteroatoms. The molecule has 0 aliphatic heterocycles. The lowest BCUT2D eigenvalue weighted by Gasteiger charge is -2.13. The Labute approximate surface area is 83.4 Å². The Morgan fingerprint density at radius 3 is 2.38 bits per heavy atom. The lowest BCUT2D eigenvalue weighted by Crippen LogP contribution is -1.98. The van der Waals surface area contributed by atoms with Crippen molar-refractivity contribution >= 4 is 0 Å². The van der Waals surface area contributed by atoms with Crippen molar-refractivity contribution < 1.29 is 0 Å². The van der Waals surface area contributed by atoms with Crippen molar-refractivity contribution in [1.82, 2.24) is 0 Å². The molecule has 0 fully saturated rings. The molecule has 0 nitrogen and oxygen atoms in total. The van der Waals surface area contributed by atoms with Crippen LogP contribution >= 0.6 is 0 Å². The van der Waals surface area contributed by atoms with Crippen LogP contribution in [0.5, 0.6) is 0 Å². The van der Waals surface area contributed by atoms with Gasteiger partial charge < -0.3 is 0 Å². The fraction of sp³-hybridized carbons (Fsp3) is 0.769. The van der Waals surface area contributed by atoms with E-state index < -0.39 is 0 Å². The first kappa shape index (κ1) is 10.8. The van der Waals surface area contributed by atoms with E-state index in [-0.39, 0.29) is 0 Å². The minimum Gasteiger partial charge on any atom is -0.0885 e. The van der Waals surface area contributed by atoms with Gasteiger partial charge in [-0.2, -0.15) is 0 Å². The molecule has 0 saturated heterocycles. The third kappa shape index (κ3) is 5.13. The summed E-state index contributed by atoms with van der Waals surface area (Å²) in [6.07, 6.45) is 16.9. The molecule has 0 amide bonds. The van der Waals surface area contributed by atoms with Crippen LogP contribution in [0, 0.1) is 12.8 Å². The predicted molar refractivity (Wildman–Crippen MR) is 59.5 cm³/mol. The second-order valence-electron chi connectivity index (χ2n) is 4.20. The van der Waals surface area contributed by atoms with Gasteiger partial charge in [0.25, 0.3) is 0 Å². The average Bonchev–Trinajstić information content (AvgIpc) is 2.22. The van der Waals surface area contributed by atoms with Crippen molar-refractivity contribution in [3.8, 4) is 0 Å². The molecular weight excluding hydrogens is 156 g/mol. The smallest absolute Gasteiger partial charge is 0.0351 e. The van der Waals surface area contributed by atoms with E-state index in [1.165, 1.54) is 51.4 Å². The maximum atomic E-state index is 4.04. The normalized spacial score (nSPS) is 26.7. The highest BCUT2D eigenvalue weighted by Gasteiger charge is 2.05. The molecular formula is C13H23. The van der Waals surface area contributed by atoms with Crippen molar-refractivity contribution in [3.63, 3.8) is 0 Å². The summed E-state index contributed by atoms with van der Waals surface area (Å²) in [7, 11) is 0. The Bertz CT molecular complexity index is 135. The monoisotopic (exact) mass is 179 g/mol. The van der Waals surface area contributed by atoms with Crippen LogP contribution in [-0.4, -0.2) is 0 Å². The van der Waals surface area contributed by atoms with E-state index in [2.05, 4.69) is 19.1 Å². The summed E-state index contributed by atoms with van der Waals surface area (Å²) in [6, 6.07) is 0. The molecule has 1 radical (unpaired) electrons. The van der Waals surface area contributed by atoms with Crippen LogP contribution in [0.15, 0.2) is 12.2 Å². The molecule has 0 saturated carbocycles. The summed E-state index contributed by atoms with van der Waals surface area (Å²) in [5.41, 5.74) is 0. The molecule has 75 valence electrons. The summed E-state index contributed by atoms with van der Waals surface area (Å²) in [5.74, 6) is 0.909. The first-order chi connectivity index (χ1) is 6.43. The Kier molecular flexibility index (Phi) is 5.97. The second kappa shape index (κ2) is 7.17. The molecule has 13 heavy (non-hydrogen) atoms. The topological polar surface area (TPSA) is 0 Å². The van der Waals surface area contributed by atoms with Gasteiger partial charge in [-0.25, -0.2) is 0 Å². The highest BCUT2D eigenvalue weighted by atomic mass is 14.1. The van der Waals surface area contributed by atoms with Crippen LogP contribution < -0.4 is 0 Å². The summed E-state index contributed by atoms with van der Waals surface area (Å²) in [5, 5.41) is 0. The maximum absolute atomic E-state index is 4.04. The zero-order chi connectivity index (χ0) is 9.36. The minimum atomic E-state index is 0.909. The number of hydrogen-bond acceptors (Lipinski definition) is 0. The lowest BCUT2D eigenvalue weighted by atomic mass is 9.93. The van der Waals surface area contributed by atoms with Gasteiger partial charge in [-0.15, -0.1) is 0 Å². The second-order valence-corrected chi connectivity index (χ2v) is 4.20. The highest BCUT2D eigenvalue weighted by molar-refractivity contribution is 4.82. The molecule has 1 aliphatic carbocycles. The quantitative estimate of drug-likeness (QED) is 0.519. The van der Waals surface area contributed by atoms with Gasteiger partial charge in [0, 0.05) is 0 Å². The van der Waals surface area contributed by atoms with Gasteiger partial charge in [0.05, 0.1) is 0 Å². The SMILES string of the molecule is [CH2]CC1CCCC=CCCCCC1. The first-order valence-corrected chi connectivity index (χ1v) is 5.87. The van der Waals surface area contributed by atoms with Gasteiger partial charge in [-0.1, -0.05) is 51.2 Å². The highest BCUT2D eigenvalue weighted by Crippen LogP contribution is 2.21.